The lowest BCUT2D eigenvalue weighted by atomic mass is 9.96. The average Bonchev–Trinajstić information content (AvgIpc) is 3.11. The molecule has 28 heavy (non-hydrogen) atoms. The number of carbonyl (C=O) groups excluding carboxylic acids is 1. The topological polar surface area (TPSA) is 76.9 Å². The highest BCUT2D eigenvalue weighted by Crippen LogP contribution is 2.30. The van der Waals surface area contributed by atoms with Crippen LogP contribution < -0.4 is 0 Å². The number of aliphatic hydroxyl groups excluding tert-OH is 2. The largest absolute Gasteiger partial charge is 0.396 e. The zero-order valence-electron chi connectivity index (χ0n) is 16.6. The van der Waals surface area contributed by atoms with E-state index in [1.807, 2.05) is 60.2 Å². The second-order valence-corrected chi connectivity index (χ2v) is 7.58. The number of likely N-dealkylation sites (tertiary alicyclic amines) is 1. The molecule has 0 aliphatic carbocycles. The van der Waals surface area contributed by atoms with Gasteiger partial charge >= 0.3 is 0 Å². The van der Waals surface area contributed by atoms with Crippen molar-refractivity contribution in [3.05, 3.63) is 53.9 Å². The van der Waals surface area contributed by atoms with E-state index in [9.17, 15) is 9.90 Å². The molecule has 6 heteroatoms. The van der Waals surface area contributed by atoms with Crippen LogP contribution in [0.1, 0.15) is 16.1 Å². The van der Waals surface area contributed by atoms with E-state index in [4.69, 9.17) is 5.11 Å². The predicted molar refractivity (Wildman–Crippen MR) is 109 cm³/mol. The van der Waals surface area contributed by atoms with Crippen LogP contribution in [-0.2, 0) is 0 Å². The van der Waals surface area contributed by atoms with Crippen molar-refractivity contribution >= 4 is 5.91 Å². The van der Waals surface area contributed by atoms with Gasteiger partial charge in [-0.25, -0.2) is 0 Å². The number of carbonyl (C=O) groups is 1. The van der Waals surface area contributed by atoms with Crippen LogP contribution in [0.3, 0.4) is 0 Å². The molecular weight excluding hydrogens is 354 g/mol. The second-order valence-electron chi connectivity index (χ2n) is 7.58. The number of likely N-dealkylation sites (N-methyl/N-ethyl adjacent to an activating group) is 1. The first-order valence-electron chi connectivity index (χ1n) is 9.75. The molecule has 1 saturated heterocycles. The first-order chi connectivity index (χ1) is 13.5. The number of aromatic nitrogens is 1. The molecule has 0 spiro atoms. The first kappa shape index (κ1) is 20.5. The molecule has 1 aromatic carbocycles. The highest BCUT2D eigenvalue weighted by atomic mass is 16.3. The Bertz CT molecular complexity index is 797. The molecule has 150 valence electrons. The molecule has 1 aromatic heterocycles. The summed E-state index contributed by atoms with van der Waals surface area (Å²) in [5.41, 5.74) is 3.23. The summed E-state index contributed by atoms with van der Waals surface area (Å²) in [4.78, 5) is 21.7. The van der Waals surface area contributed by atoms with Crippen molar-refractivity contribution in [1.29, 1.82) is 0 Å². The molecule has 2 unspecified atom stereocenters. The average molecular weight is 383 g/mol. The minimum atomic E-state index is -0.0322. The minimum Gasteiger partial charge on any atom is -0.396 e. The minimum absolute atomic E-state index is 0.0322. The summed E-state index contributed by atoms with van der Waals surface area (Å²) in [6, 6.07) is 11.8. The third-order valence-electron chi connectivity index (χ3n) is 5.57. The number of hydrogen-bond donors (Lipinski definition) is 2. The number of aliphatic hydroxyl groups is 2. The molecule has 2 N–H and O–H groups in total. The summed E-state index contributed by atoms with van der Waals surface area (Å²) in [5, 5.41) is 18.9. The third-order valence-corrected chi connectivity index (χ3v) is 5.57. The molecule has 1 aliphatic rings. The number of benzene rings is 1. The van der Waals surface area contributed by atoms with Crippen molar-refractivity contribution in [3.8, 4) is 11.1 Å². The normalized spacial score (nSPS) is 19.4. The van der Waals surface area contributed by atoms with Crippen molar-refractivity contribution in [2.75, 3.05) is 46.4 Å². The van der Waals surface area contributed by atoms with Gasteiger partial charge < -0.3 is 20.0 Å². The molecule has 1 aliphatic heterocycles. The van der Waals surface area contributed by atoms with E-state index in [0.717, 1.165) is 17.7 Å². The second kappa shape index (κ2) is 9.28. The van der Waals surface area contributed by atoms with E-state index in [1.165, 1.54) is 0 Å². The lowest BCUT2D eigenvalue weighted by Gasteiger charge is -2.23. The summed E-state index contributed by atoms with van der Waals surface area (Å²) >= 11 is 0. The van der Waals surface area contributed by atoms with Gasteiger partial charge in [-0.15, -0.1) is 0 Å². The van der Waals surface area contributed by atoms with Crippen molar-refractivity contribution in [2.45, 2.75) is 6.92 Å². The number of amides is 1. The maximum Gasteiger partial charge on any atom is 0.256 e. The van der Waals surface area contributed by atoms with E-state index in [0.29, 0.717) is 30.9 Å². The number of aryl methyl sites for hydroxylation is 1. The van der Waals surface area contributed by atoms with Crippen LogP contribution in [-0.4, -0.2) is 77.3 Å². The molecule has 6 nitrogen and oxygen atoms in total. The van der Waals surface area contributed by atoms with Crippen LogP contribution in [0.5, 0.6) is 0 Å². The predicted octanol–water partition coefficient (Wildman–Crippen LogP) is 1.66. The van der Waals surface area contributed by atoms with Crippen molar-refractivity contribution < 1.29 is 15.0 Å². The summed E-state index contributed by atoms with van der Waals surface area (Å²) in [7, 11) is 1.95. The van der Waals surface area contributed by atoms with E-state index in [-0.39, 0.29) is 31.0 Å². The maximum atomic E-state index is 13.4. The molecule has 1 amide bonds. The Balaban J connectivity index is 1.85. The van der Waals surface area contributed by atoms with E-state index in [1.54, 1.807) is 6.20 Å². The fraction of sp³-hybridized carbons (Fsp3) is 0.455. The van der Waals surface area contributed by atoms with Crippen molar-refractivity contribution in [2.24, 2.45) is 11.8 Å². The number of nitrogens with zero attached hydrogens (tertiary/aromatic N) is 3. The smallest absolute Gasteiger partial charge is 0.256 e. The molecule has 2 atom stereocenters. The lowest BCUT2D eigenvalue weighted by molar-refractivity contribution is 0.0778. The summed E-state index contributed by atoms with van der Waals surface area (Å²) in [5.74, 6) is 0.195. The number of hydrogen-bond acceptors (Lipinski definition) is 5. The zero-order valence-corrected chi connectivity index (χ0v) is 16.6. The zero-order chi connectivity index (χ0) is 20.1. The Hall–Kier alpha value is -2.28. The number of rotatable bonds is 7. The van der Waals surface area contributed by atoms with Crippen LogP contribution in [0, 0.1) is 18.8 Å². The van der Waals surface area contributed by atoms with Crippen LogP contribution in [0.15, 0.2) is 42.6 Å². The Kier molecular flexibility index (Phi) is 6.78. The van der Waals surface area contributed by atoms with Gasteiger partial charge in [-0.1, -0.05) is 30.3 Å². The van der Waals surface area contributed by atoms with Crippen LogP contribution in [0.2, 0.25) is 0 Å². The standard InChI is InChI=1S/C22H29N3O3/c1-16-21(20(8-9-23-16)17-6-4-3-5-7-17)22(28)25-13-18(19(14-25)15-27)12-24(2)10-11-26/h3-9,18-19,26-27H,10-15H2,1-2H3. The van der Waals surface area contributed by atoms with Gasteiger partial charge in [0.15, 0.2) is 0 Å². The van der Waals surface area contributed by atoms with Gasteiger partial charge in [0, 0.05) is 44.9 Å². The monoisotopic (exact) mass is 383 g/mol. The quantitative estimate of drug-likeness (QED) is 0.761. The van der Waals surface area contributed by atoms with Gasteiger partial charge in [-0.05, 0) is 37.1 Å². The number of pyridine rings is 1. The molecule has 2 heterocycles. The highest BCUT2D eigenvalue weighted by Gasteiger charge is 2.36. The fourth-order valence-electron chi connectivity index (χ4n) is 4.03. The summed E-state index contributed by atoms with van der Waals surface area (Å²) < 4.78 is 0. The molecular formula is C22H29N3O3. The summed E-state index contributed by atoms with van der Waals surface area (Å²) in [6.45, 7) is 4.49. The Morgan fingerprint density at radius 2 is 1.89 bits per heavy atom. The van der Waals surface area contributed by atoms with Crippen LogP contribution >= 0.6 is 0 Å². The molecule has 3 rings (SSSR count). The van der Waals surface area contributed by atoms with Gasteiger partial charge in [0.2, 0.25) is 0 Å². The fourth-order valence-corrected chi connectivity index (χ4v) is 4.03. The van der Waals surface area contributed by atoms with Crippen LogP contribution in [0.4, 0.5) is 0 Å². The van der Waals surface area contributed by atoms with Crippen molar-refractivity contribution in [3.63, 3.8) is 0 Å². The lowest BCUT2D eigenvalue weighted by Crippen LogP contribution is -2.33. The molecule has 2 aromatic rings. The Labute approximate surface area is 166 Å². The first-order valence-corrected chi connectivity index (χ1v) is 9.75. The summed E-state index contributed by atoms with van der Waals surface area (Å²) in [6.07, 6.45) is 1.74. The third kappa shape index (κ3) is 4.41. The molecule has 0 saturated carbocycles. The van der Waals surface area contributed by atoms with Gasteiger partial charge in [0.05, 0.1) is 17.9 Å². The molecule has 0 bridgehead atoms. The van der Waals surface area contributed by atoms with Gasteiger partial charge in [-0.3, -0.25) is 9.78 Å². The Morgan fingerprint density at radius 1 is 1.18 bits per heavy atom. The van der Waals surface area contributed by atoms with Gasteiger partial charge in [0.1, 0.15) is 0 Å². The highest BCUT2D eigenvalue weighted by molar-refractivity contribution is 6.02. The maximum absolute atomic E-state index is 13.4. The molecule has 1 fully saturated rings. The van der Waals surface area contributed by atoms with Crippen LogP contribution in [0.25, 0.3) is 11.1 Å². The van der Waals surface area contributed by atoms with E-state index < -0.39 is 0 Å². The van der Waals surface area contributed by atoms with E-state index >= 15 is 0 Å². The Morgan fingerprint density at radius 3 is 2.57 bits per heavy atom. The van der Waals surface area contributed by atoms with Gasteiger partial charge in [0.25, 0.3) is 5.91 Å². The van der Waals surface area contributed by atoms with E-state index in [2.05, 4.69) is 4.98 Å². The molecule has 0 radical (unpaired) electrons. The van der Waals surface area contributed by atoms with Gasteiger partial charge in [-0.2, -0.15) is 0 Å². The van der Waals surface area contributed by atoms with Crippen molar-refractivity contribution in [1.82, 2.24) is 14.8 Å². The SMILES string of the molecule is Cc1nccc(-c2ccccc2)c1C(=O)N1CC(CO)C(CN(C)CCO)C1.